The number of nitrogen functional groups attached to an aromatic ring is 1. The molecule has 4 bridgehead atoms. The van der Waals surface area contributed by atoms with Crippen molar-refractivity contribution in [2.45, 2.75) is 24.6 Å². The molecule has 4 fully saturated rings. The highest BCUT2D eigenvalue weighted by molar-refractivity contribution is 5.41. The molecular formula is C21H25N3O. The van der Waals surface area contributed by atoms with E-state index >= 15 is 0 Å². The number of nitrogens with two attached hydrogens (primary N) is 1. The van der Waals surface area contributed by atoms with Gasteiger partial charge in [0.25, 0.3) is 0 Å². The van der Waals surface area contributed by atoms with E-state index in [0.29, 0.717) is 0 Å². The molecule has 0 aliphatic carbocycles. The number of nitrogens with zero attached hydrogens (tertiary/aromatic N) is 2. The molecule has 25 heavy (non-hydrogen) atoms. The summed E-state index contributed by atoms with van der Waals surface area (Å²) < 4.78 is 0. The molecule has 4 heteroatoms. The van der Waals surface area contributed by atoms with E-state index in [2.05, 4.69) is 59.2 Å². The van der Waals surface area contributed by atoms with Crippen LogP contribution in [0.1, 0.15) is 24.2 Å². The number of aliphatic hydroxyl groups excluding tert-OH is 1. The molecule has 0 amide bonds. The van der Waals surface area contributed by atoms with Crippen LogP contribution in [-0.2, 0) is 5.41 Å². The van der Waals surface area contributed by atoms with Crippen molar-refractivity contribution in [1.82, 2.24) is 9.80 Å². The molecule has 0 radical (unpaired) electrons. The van der Waals surface area contributed by atoms with Crippen molar-refractivity contribution in [2.75, 3.05) is 31.9 Å². The SMILES string of the molecule is CC12CN3CC(c4ccccc4)(CN(C1)C3c1ccc(N)cc1)[C@@H]2O. The van der Waals surface area contributed by atoms with E-state index in [4.69, 9.17) is 5.73 Å². The summed E-state index contributed by atoms with van der Waals surface area (Å²) in [6, 6.07) is 18.9. The Morgan fingerprint density at radius 3 is 2.12 bits per heavy atom. The van der Waals surface area contributed by atoms with Gasteiger partial charge in [-0.3, -0.25) is 9.80 Å². The lowest BCUT2D eigenvalue weighted by molar-refractivity contribution is -0.232. The van der Waals surface area contributed by atoms with Crippen LogP contribution in [0, 0.1) is 5.41 Å². The molecule has 0 aromatic heterocycles. The number of benzene rings is 2. The molecule has 4 saturated heterocycles. The summed E-state index contributed by atoms with van der Waals surface area (Å²) >= 11 is 0. The summed E-state index contributed by atoms with van der Waals surface area (Å²) in [5.41, 5.74) is 8.96. The van der Waals surface area contributed by atoms with Gasteiger partial charge in [-0.05, 0) is 23.3 Å². The normalized spacial score (nSPS) is 41.8. The lowest BCUT2D eigenvalue weighted by atomic mass is 9.57. The quantitative estimate of drug-likeness (QED) is 0.827. The van der Waals surface area contributed by atoms with Crippen LogP contribution in [0.3, 0.4) is 0 Å². The average molecular weight is 335 g/mol. The fourth-order valence-electron chi connectivity index (χ4n) is 5.65. The largest absolute Gasteiger partial charge is 0.399 e. The Balaban J connectivity index is 1.58. The van der Waals surface area contributed by atoms with E-state index in [1.54, 1.807) is 0 Å². The summed E-state index contributed by atoms with van der Waals surface area (Å²) in [6.07, 6.45) is -0.0136. The molecule has 2 aromatic carbocycles. The Morgan fingerprint density at radius 2 is 1.52 bits per heavy atom. The maximum atomic E-state index is 11.3. The summed E-state index contributed by atoms with van der Waals surface area (Å²) in [6.45, 7) is 5.92. The lowest BCUT2D eigenvalue weighted by Crippen LogP contribution is -2.79. The molecular weight excluding hydrogens is 310 g/mol. The van der Waals surface area contributed by atoms with Crippen molar-refractivity contribution in [3.63, 3.8) is 0 Å². The molecule has 4 nitrogen and oxygen atoms in total. The zero-order chi connectivity index (χ0) is 17.2. The second-order valence-electron chi connectivity index (χ2n) is 8.43. The van der Waals surface area contributed by atoms with Crippen LogP contribution in [-0.4, -0.2) is 47.2 Å². The van der Waals surface area contributed by atoms with Crippen LogP contribution in [0.2, 0.25) is 0 Å². The summed E-state index contributed by atoms with van der Waals surface area (Å²) in [5, 5.41) is 11.3. The van der Waals surface area contributed by atoms with Gasteiger partial charge in [-0.2, -0.15) is 0 Å². The van der Waals surface area contributed by atoms with Crippen LogP contribution in [0.25, 0.3) is 0 Å². The highest BCUT2D eigenvalue weighted by Gasteiger charge is 2.64. The summed E-state index contributed by atoms with van der Waals surface area (Å²) in [5.74, 6) is 0. The molecule has 3 atom stereocenters. The lowest BCUT2D eigenvalue weighted by Gasteiger charge is -2.69. The van der Waals surface area contributed by atoms with Gasteiger partial charge in [0.1, 0.15) is 0 Å². The summed E-state index contributed by atoms with van der Waals surface area (Å²) in [7, 11) is 0. The van der Waals surface area contributed by atoms with Gasteiger partial charge in [-0.25, -0.2) is 0 Å². The van der Waals surface area contributed by atoms with E-state index in [1.807, 2.05) is 12.1 Å². The van der Waals surface area contributed by atoms with Crippen molar-refractivity contribution >= 4 is 5.69 Å². The highest BCUT2D eigenvalue weighted by atomic mass is 16.3. The third-order valence-electron chi connectivity index (χ3n) is 6.56. The highest BCUT2D eigenvalue weighted by Crippen LogP contribution is 2.55. The minimum absolute atomic E-state index is 0.0867. The number of hydrogen-bond acceptors (Lipinski definition) is 4. The maximum Gasteiger partial charge on any atom is 0.0887 e. The average Bonchev–Trinajstić information content (AvgIpc) is 2.60. The fraction of sp³-hybridized carbons (Fsp3) is 0.429. The van der Waals surface area contributed by atoms with Gasteiger partial charge in [0.05, 0.1) is 12.3 Å². The van der Waals surface area contributed by atoms with Crippen LogP contribution in [0.4, 0.5) is 5.69 Å². The minimum atomic E-state index is -0.303. The first-order valence-corrected chi connectivity index (χ1v) is 9.09. The second-order valence-corrected chi connectivity index (χ2v) is 8.43. The molecule has 4 heterocycles. The first-order chi connectivity index (χ1) is 12.0. The molecule has 4 aliphatic heterocycles. The van der Waals surface area contributed by atoms with Crippen LogP contribution >= 0.6 is 0 Å². The number of rotatable bonds is 2. The van der Waals surface area contributed by atoms with Crippen molar-refractivity contribution in [3.05, 3.63) is 65.7 Å². The zero-order valence-corrected chi connectivity index (χ0v) is 14.6. The first kappa shape index (κ1) is 15.4. The van der Waals surface area contributed by atoms with Crippen LogP contribution in [0.15, 0.2) is 54.6 Å². The Bertz CT molecular complexity index is 773. The summed E-state index contributed by atoms with van der Waals surface area (Å²) in [4.78, 5) is 5.11. The van der Waals surface area contributed by atoms with Crippen molar-refractivity contribution in [2.24, 2.45) is 5.41 Å². The van der Waals surface area contributed by atoms with E-state index < -0.39 is 0 Å². The molecule has 0 spiro atoms. The second kappa shape index (κ2) is 5.07. The monoisotopic (exact) mass is 335 g/mol. The van der Waals surface area contributed by atoms with E-state index in [1.165, 1.54) is 11.1 Å². The van der Waals surface area contributed by atoms with Crippen LogP contribution < -0.4 is 5.73 Å². The van der Waals surface area contributed by atoms with Gasteiger partial charge in [-0.1, -0.05) is 49.4 Å². The van der Waals surface area contributed by atoms with Crippen molar-refractivity contribution in [1.29, 1.82) is 0 Å². The van der Waals surface area contributed by atoms with Crippen LogP contribution in [0.5, 0.6) is 0 Å². The minimum Gasteiger partial charge on any atom is -0.399 e. The molecule has 0 saturated carbocycles. The topological polar surface area (TPSA) is 52.7 Å². The molecule has 2 unspecified atom stereocenters. The Kier molecular flexibility index (Phi) is 3.12. The Hall–Kier alpha value is -1.88. The van der Waals surface area contributed by atoms with Gasteiger partial charge in [0.2, 0.25) is 0 Å². The smallest absolute Gasteiger partial charge is 0.0887 e. The molecule has 6 rings (SSSR count). The van der Waals surface area contributed by atoms with Gasteiger partial charge < -0.3 is 10.8 Å². The van der Waals surface area contributed by atoms with Crippen molar-refractivity contribution in [3.8, 4) is 0 Å². The fourth-order valence-corrected chi connectivity index (χ4v) is 5.65. The molecule has 130 valence electrons. The maximum absolute atomic E-state index is 11.3. The van der Waals surface area contributed by atoms with Crippen molar-refractivity contribution < 1.29 is 5.11 Å². The molecule has 4 aliphatic rings. The standard InChI is InChI=1S/C21H25N3O/c1-20-11-23-13-21(19(20)25,16-5-3-2-4-6-16)14-24(12-20)18(23)15-7-9-17(22)10-8-15/h2-10,18-19,25H,11-14,22H2,1H3/t18?,19-,20?,21?/m1/s1. The predicted octanol–water partition coefficient (Wildman–Crippen LogP) is 2.22. The number of anilines is 1. The zero-order valence-electron chi connectivity index (χ0n) is 14.6. The number of aliphatic hydroxyl groups is 1. The van der Waals surface area contributed by atoms with Gasteiger partial charge in [0.15, 0.2) is 0 Å². The molecule has 3 N–H and O–H groups in total. The Labute approximate surface area is 148 Å². The van der Waals surface area contributed by atoms with Gasteiger partial charge >= 0.3 is 0 Å². The van der Waals surface area contributed by atoms with E-state index in [9.17, 15) is 5.11 Å². The Morgan fingerprint density at radius 1 is 0.920 bits per heavy atom. The molecule has 2 aromatic rings. The van der Waals surface area contributed by atoms with E-state index in [0.717, 1.165) is 31.9 Å². The predicted molar refractivity (Wildman–Crippen MR) is 99.0 cm³/mol. The van der Waals surface area contributed by atoms with Gasteiger partial charge in [-0.15, -0.1) is 0 Å². The third kappa shape index (κ3) is 2.05. The number of piperidine rings is 2. The third-order valence-corrected chi connectivity index (χ3v) is 6.56. The first-order valence-electron chi connectivity index (χ1n) is 9.09. The van der Waals surface area contributed by atoms with E-state index in [-0.39, 0.29) is 23.1 Å². The number of hydrogen-bond donors (Lipinski definition) is 2. The van der Waals surface area contributed by atoms with Gasteiger partial charge in [0, 0.05) is 42.7 Å².